The van der Waals surface area contributed by atoms with Crippen LogP contribution in [0.2, 0.25) is 0 Å². The summed E-state index contributed by atoms with van der Waals surface area (Å²) in [5.74, 6) is 1.12. The third-order valence-corrected chi connectivity index (χ3v) is 8.51. The normalized spacial score (nSPS) is 13.2. The van der Waals surface area contributed by atoms with E-state index in [1.807, 2.05) is 45.0 Å². The molecule has 0 aliphatic rings. The zero-order valence-electron chi connectivity index (χ0n) is 23.5. The summed E-state index contributed by atoms with van der Waals surface area (Å²) in [6, 6.07) is 7.53. The van der Waals surface area contributed by atoms with Gasteiger partial charge in [0.25, 0.3) is 0 Å². The van der Waals surface area contributed by atoms with Crippen molar-refractivity contribution in [2.45, 2.75) is 44.8 Å². The van der Waals surface area contributed by atoms with Gasteiger partial charge in [-0.1, -0.05) is 12.1 Å². The lowest BCUT2D eigenvalue weighted by Gasteiger charge is -2.23. The van der Waals surface area contributed by atoms with Crippen LogP contribution < -0.4 is 4.74 Å². The Kier molecular flexibility index (Phi) is 9.23. The van der Waals surface area contributed by atoms with Crippen molar-refractivity contribution in [1.82, 2.24) is 29.7 Å². The van der Waals surface area contributed by atoms with Crippen molar-refractivity contribution in [3.8, 4) is 22.8 Å². The Bertz CT molecular complexity index is 1560. The molecule has 0 bridgehead atoms. The average Bonchev–Trinajstić information content (AvgIpc) is 3.33. The molecule has 0 radical (unpaired) electrons. The van der Waals surface area contributed by atoms with E-state index in [1.54, 1.807) is 50.5 Å². The summed E-state index contributed by atoms with van der Waals surface area (Å²) in [4.78, 5) is 13.0. The van der Waals surface area contributed by atoms with Gasteiger partial charge in [0, 0.05) is 37.5 Å². The number of rotatable bonds is 12. The molecule has 0 amide bonds. The van der Waals surface area contributed by atoms with Crippen LogP contribution in [0.5, 0.6) is 5.75 Å². The van der Waals surface area contributed by atoms with Crippen LogP contribution in [0.25, 0.3) is 17.1 Å². The van der Waals surface area contributed by atoms with Gasteiger partial charge < -0.3 is 14.2 Å². The van der Waals surface area contributed by atoms with Crippen molar-refractivity contribution >= 4 is 9.84 Å². The fraction of sp³-hybridized carbons (Fsp3) is 0.393. The number of aromatic nitrogens is 6. The van der Waals surface area contributed by atoms with Crippen LogP contribution in [-0.2, 0) is 25.1 Å². The first kappa shape index (κ1) is 29.2. The molecule has 0 aliphatic heterocycles. The molecule has 11 nitrogen and oxygen atoms in total. The van der Waals surface area contributed by atoms with Crippen LogP contribution in [-0.4, -0.2) is 70.8 Å². The molecular formula is C28H34N6O5S. The molecule has 0 spiro atoms. The zero-order valence-corrected chi connectivity index (χ0v) is 24.3. The molecule has 0 unspecified atom stereocenters. The van der Waals surface area contributed by atoms with Crippen molar-refractivity contribution in [3.05, 3.63) is 77.4 Å². The van der Waals surface area contributed by atoms with Gasteiger partial charge >= 0.3 is 0 Å². The minimum absolute atomic E-state index is 0.180. The van der Waals surface area contributed by atoms with Crippen LogP contribution in [0.3, 0.4) is 0 Å². The summed E-state index contributed by atoms with van der Waals surface area (Å²) in [6.07, 6.45) is 5.77. The van der Waals surface area contributed by atoms with E-state index < -0.39 is 26.9 Å². The monoisotopic (exact) mass is 566 g/mol. The fourth-order valence-electron chi connectivity index (χ4n) is 4.32. The summed E-state index contributed by atoms with van der Waals surface area (Å²) in [7, 11) is -0.755. The van der Waals surface area contributed by atoms with E-state index in [4.69, 9.17) is 14.2 Å². The molecule has 4 rings (SSSR count). The Hall–Kier alpha value is -3.74. The minimum atomic E-state index is -3.87. The van der Waals surface area contributed by atoms with Crippen LogP contribution in [0.15, 0.2) is 49.1 Å². The predicted molar refractivity (Wildman–Crippen MR) is 150 cm³/mol. The highest BCUT2D eigenvalue weighted by Crippen LogP contribution is 2.33. The molecule has 1 aromatic carbocycles. The number of para-hydroxylation sites is 1. The number of benzene rings is 1. The lowest BCUT2D eigenvalue weighted by molar-refractivity contribution is 0.0118. The highest BCUT2D eigenvalue weighted by molar-refractivity contribution is 7.91. The largest absolute Gasteiger partial charge is 0.495 e. The molecule has 0 saturated heterocycles. The first-order valence-electron chi connectivity index (χ1n) is 12.8. The highest BCUT2D eigenvalue weighted by Gasteiger charge is 2.35. The van der Waals surface area contributed by atoms with Gasteiger partial charge in [-0.3, -0.25) is 9.55 Å². The maximum atomic E-state index is 13.9. The number of sulfone groups is 1. The molecule has 0 aliphatic carbocycles. The lowest BCUT2D eigenvalue weighted by atomic mass is 10.1. The van der Waals surface area contributed by atoms with Gasteiger partial charge in [0.15, 0.2) is 27.3 Å². The molecule has 0 saturated carbocycles. The number of methoxy groups -OCH3 is 2. The fourth-order valence-corrected chi connectivity index (χ4v) is 5.71. The number of hydrogen-bond acceptors (Lipinski definition) is 10. The van der Waals surface area contributed by atoms with Crippen LogP contribution in [0.4, 0.5) is 0 Å². The predicted octanol–water partition coefficient (Wildman–Crippen LogP) is 3.76. The van der Waals surface area contributed by atoms with Gasteiger partial charge in [0.1, 0.15) is 17.6 Å². The van der Waals surface area contributed by atoms with E-state index in [2.05, 4.69) is 25.1 Å². The van der Waals surface area contributed by atoms with Gasteiger partial charge in [-0.15, -0.1) is 10.2 Å². The number of pyridine rings is 1. The molecule has 3 aromatic heterocycles. The molecule has 0 N–H and O–H groups in total. The molecule has 0 fully saturated rings. The third-order valence-electron chi connectivity index (χ3n) is 6.47. The quantitative estimate of drug-likeness (QED) is 0.234. The second-order valence-electron chi connectivity index (χ2n) is 9.57. The van der Waals surface area contributed by atoms with E-state index in [-0.39, 0.29) is 18.3 Å². The summed E-state index contributed by atoms with van der Waals surface area (Å²) in [6.45, 7) is 7.78. The topological polar surface area (TPSA) is 131 Å². The van der Waals surface area contributed by atoms with Crippen molar-refractivity contribution in [3.63, 3.8) is 0 Å². The molecule has 4 aromatic rings. The van der Waals surface area contributed by atoms with E-state index in [9.17, 15) is 8.42 Å². The average molecular weight is 567 g/mol. The first-order valence-corrected chi connectivity index (χ1v) is 14.5. The van der Waals surface area contributed by atoms with Crippen LogP contribution >= 0.6 is 0 Å². The van der Waals surface area contributed by atoms with Crippen molar-refractivity contribution in [1.29, 1.82) is 0 Å². The van der Waals surface area contributed by atoms with E-state index in [1.165, 1.54) is 0 Å². The Balaban J connectivity index is 1.80. The van der Waals surface area contributed by atoms with Gasteiger partial charge in [0.2, 0.25) is 0 Å². The Morgan fingerprint density at radius 1 is 0.950 bits per heavy atom. The zero-order chi connectivity index (χ0) is 28.9. The smallest absolute Gasteiger partial charge is 0.170 e. The molecule has 12 heteroatoms. The lowest BCUT2D eigenvalue weighted by Crippen LogP contribution is -2.31. The maximum Gasteiger partial charge on any atom is 0.170 e. The van der Waals surface area contributed by atoms with Gasteiger partial charge in [0.05, 0.1) is 31.3 Å². The van der Waals surface area contributed by atoms with Crippen molar-refractivity contribution < 1.29 is 22.6 Å². The standard InChI is InChI=1S/C28H34N6O5S/c1-18-12-22(16-29-13-18)28-33-32-24(34(28)25-20(3)8-7-9-23(25)38-6)17-40(35,36)21(4)26(39-11-10-37-5)27-30-14-19(2)15-31-27/h7-9,12-16,21,26H,10-11,17H2,1-6H3/t21-,26-/m0/s1. The third kappa shape index (κ3) is 6.35. The molecule has 40 heavy (non-hydrogen) atoms. The second-order valence-corrected chi connectivity index (χ2v) is 11.9. The van der Waals surface area contributed by atoms with E-state index in [0.29, 0.717) is 29.4 Å². The number of ether oxygens (including phenoxy) is 3. The Morgan fingerprint density at radius 3 is 2.38 bits per heavy atom. The van der Waals surface area contributed by atoms with Gasteiger partial charge in [-0.2, -0.15) is 0 Å². The van der Waals surface area contributed by atoms with E-state index >= 15 is 0 Å². The van der Waals surface area contributed by atoms with Gasteiger partial charge in [-0.05, 0) is 56.5 Å². The van der Waals surface area contributed by atoms with Crippen LogP contribution in [0, 0.1) is 20.8 Å². The molecule has 2 atom stereocenters. The Labute approximate surface area is 234 Å². The Morgan fingerprint density at radius 2 is 1.70 bits per heavy atom. The van der Waals surface area contributed by atoms with Crippen molar-refractivity contribution in [2.24, 2.45) is 0 Å². The number of hydrogen-bond donors (Lipinski definition) is 0. The molecule has 212 valence electrons. The summed E-state index contributed by atoms with van der Waals surface area (Å²) in [5.41, 5.74) is 4.00. The highest BCUT2D eigenvalue weighted by atomic mass is 32.2. The molecule has 3 heterocycles. The van der Waals surface area contributed by atoms with Gasteiger partial charge in [-0.25, -0.2) is 18.4 Å². The summed E-state index contributed by atoms with van der Waals surface area (Å²) < 4.78 is 46.4. The minimum Gasteiger partial charge on any atom is -0.495 e. The number of aryl methyl sites for hydroxylation is 3. The number of nitrogens with zero attached hydrogens (tertiary/aromatic N) is 6. The first-order chi connectivity index (χ1) is 19.2. The van der Waals surface area contributed by atoms with Crippen molar-refractivity contribution in [2.75, 3.05) is 27.4 Å². The van der Waals surface area contributed by atoms with Crippen LogP contribution in [0.1, 0.15) is 41.4 Å². The molecular weight excluding hydrogens is 532 g/mol. The summed E-state index contributed by atoms with van der Waals surface area (Å²) in [5, 5.41) is 7.78. The van der Waals surface area contributed by atoms with E-state index in [0.717, 1.165) is 16.7 Å². The maximum absolute atomic E-state index is 13.9. The second kappa shape index (κ2) is 12.6. The summed E-state index contributed by atoms with van der Waals surface area (Å²) >= 11 is 0. The SMILES string of the molecule is COCCO[C@H](c1ncc(C)cn1)[C@H](C)S(=O)(=O)Cc1nnc(-c2cncc(C)c2)n1-c1c(C)cccc1OC.